The second kappa shape index (κ2) is 13.1. The van der Waals surface area contributed by atoms with Gasteiger partial charge in [0, 0.05) is 27.2 Å². The van der Waals surface area contributed by atoms with Crippen molar-refractivity contribution in [2.24, 2.45) is 11.8 Å². The molecule has 0 unspecified atom stereocenters. The van der Waals surface area contributed by atoms with Gasteiger partial charge in [-0.15, -0.1) is 0 Å². The molecule has 2 fully saturated rings. The number of nitrogens with one attached hydrogen (secondary N) is 1. The first-order valence-electron chi connectivity index (χ1n) is 13.4. The van der Waals surface area contributed by atoms with E-state index in [0.717, 1.165) is 23.1 Å². The van der Waals surface area contributed by atoms with E-state index in [1.54, 1.807) is 37.9 Å². The predicted octanol–water partition coefficient (Wildman–Crippen LogP) is 2.41. The lowest BCUT2D eigenvalue weighted by Crippen LogP contribution is -2.44. The van der Waals surface area contributed by atoms with E-state index < -0.39 is 15.9 Å². The number of sulfonamides is 1. The van der Waals surface area contributed by atoms with Crippen molar-refractivity contribution in [3.63, 3.8) is 0 Å². The first-order chi connectivity index (χ1) is 17.5. The third-order valence-electron chi connectivity index (χ3n) is 7.78. The van der Waals surface area contributed by atoms with Gasteiger partial charge in [-0.25, -0.2) is 8.42 Å². The van der Waals surface area contributed by atoms with Crippen LogP contribution in [0.5, 0.6) is 5.75 Å². The van der Waals surface area contributed by atoms with Gasteiger partial charge in [-0.3, -0.25) is 9.59 Å². The van der Waals surface area contributed by atoms with Crippen molar-refractivity contribution in [1.82, 2.24) is 19.4 Å². The zero-order valence-corrected chi connectivity index (χ0v) is 23.9. The molecule has 10 heteroatoms. The summed E-state index contributed by atoms with van der Waals surface area (Å²) in [5.74, 6) is 1.16. The van der Waals surface area contributed by atoms with E-state index in [1.165, 1.54) is 59.5 Å². The van der Waals surface area contributed by atoms with Crippen LogP contribution in [0.1, 0.15) is 49.7 Å². The highest BCUT2D eigenvalue weighted by molar-refractivity contribution is 7.89. The molecule has 1 aromatic carbocycles. The number of hydrogen-bond donors (Lipinski definition) is 1. The molecule has 37 heavy (non-hydrogen) atoms. The third-order valence-corrected chi connectivity index (χ3v) is 9.89. The molecule has 9 nitrogen and oxygen atoms in total. The fraction of sp³-hybridized carbons (Fsp3) is 0.704. The second-order valence-corrected chi connectivity index (χ2v) is 12.8. The lowest BCUT2D eigenvalue weighted by atomic mass is 9.81. The molecular weight excluding hydrogens is 492 g/mol. The van der Waals surface area contributed by atoms with Gasteiger partial charge in [0.25, 0.3) is 0 Å². The molecule has 1 aliphatic carbocycles. The standard InChI is InChI=1S/C27H44N4O5S/c1-20-14-24(36-5)15-21(2)27(20)37(34,35)30(4)19-25(32)28-16-26(33)29(3)17-22-8-10-23(11-9-22)18-31-12-6-7-13-31/h14-15,22-23H,6-13,16-19H2,1-5H3,(H,28,32)/t22-,23-. The minimum absolute atomic E-state index is 0.145. The number of benzene rings is 1. The first kappa shape index (κ1) is 29.4. The van der Waals surface area contributed by atoms with Crippen molar-refractivity contribution in [2.45, 2.75) is 57.3 Å². The Morgan fingerprint density at radius 3 is 2.16 bits per heavy atom. The van der Waals surface area contributed by atoms with Gasteiger partial charge in [-0.05, 0) is 101 Å². The van der Waals surface area contributed by atoms with Crippen LogP contribution in [0.3, 0.4) is 0 Å². The third kappa shape index (κ3) is 7.91. The smallest absolute Gasteiger partial charge is 0.243 e. The van der Waals surface area contributed by atoms with Crippen LogP contribution in [0, 0.1) is 25.7 Å². The van der Waals surface area contributed by atoms with Gasteiger partial charge in [-0.2, -0.15) is 4.31 Å². The maximum Gasteiger partial charge on any atom is 0.243 e. The Kier molecular flexibility index (Phi) is 10.4. The van der Waals surface area contributed by atoms with Crippen molar-refractivity contribution >= 4 is 21.8 Å². The summed E-state index contributed by atoms with van der Waals surface area (Å²) in [4.78, 5) is 29.6. The van der Waals surface area contributed by atoms with E-state index in [1.807, 2.05) is 0 Å². The van der Waals surface area contributed by atoms with E-state index >= 15 is 0 Å². The number of hydrogen-bond acceptors (Lipinski definition) is 6. The molecule has 1 aromatic rings. The number of carbonyl (C=O) groups excluding carboxylic acids is 2. The molecule has 0 atom stereocenters. The monoisotopic (exact) mass is 536 g/mol. The predicted molar refractivity (Wildman–Crippen MR) is 144 cm³/mol. The minimum Gasteiger partial charge on any atom is -0.497 e. The van der Waals surface area contributed by atoms with E-state index in [9.17, 15) is 18.0 Å². The Balaban J connectivity index is 1.42. The Labute approximate surface area is 222 Å². The van der Waals surface area contributed by atoms with Gasteiger partial charge >= 0.3 is 0 Å². The number of nitrogens with zero attached hydrogens (tertiary/aromatic N) is 3. The summed E-state index contributed by atoms with van der Waals surface area (Å²) < 4.78 is 32.5. The van der Waals surface area contributed by atoms with Gasteiger partial charge in [0.15, 0.2) is 0 Å². The van der Waals surface area contributed by atoms with Crippen LogP contribution in [-0.2, 0) is 19.6 Å². The quantitative estimate of drug-likeness (QED) is 0.466. The summed E-state index contributed by atoms with van der Waals surface area (Å²) in [5, 5.41) is 2.59. The summed E-state index contributed by atoms with van der Waals surface area (Å²) in [6.07, 6.45) is 7.35. The van der Waals surface area contributed by atoms with Gasteiger partial charge in [0.2, 0.25) is 21.8 Å². The van der Waals surface area contributed by atoms with E-state index in [4.69, 9.17) is 4.74 Å². The highest BCUT2D eigenvalue weighted by atomic mass is 32.2. The number of aryl methyl sites for hydroxylation is 2. The molecular formula is C27H44N4O5S. The van der Waals surface area contributed by atoms with Crippen LogP contribution in [-0.4, -0.2) is 94.8 Å². The van der Waals surface area contributed by atoms with E-state index in [2.05, 4.69) is 10.2 Å². The molecule has 1 N–H and O–H groups in total. The van der Waals surface area contributed by atoms with Crippen LogP contribution in [0.25, 0.3) is 0 Å². The molecule has 0 bridgehead atoms. The largest absolute Gasteiger partial charge is 0.497 e. The molecule has 208 valence electrons. The molecule has 2 amide bonds. The molecule has 1 saturated carbocycles. The van der Waals surface area contributed by atoms with Gasteiger partial charge < -0.3 is 19.9 Å². The molecule has 1 heterocycles. The van der Waals surface area contributed by atoms with Crippen molar-refractivity contribution in [3.05, 3.63) is 23.3 Å². The fourth-order valence-electron chi connectivity index (χ4n) is 5.66. The summed E-state index contributed by atoms with van der Waals surface area (Å²) >= 11 is 0. The fourth-order valence-corrected chi connectivity index (χ4v) is 7.19. The number of carbonyl (C=O) groups is 2. The second-order valence-electron chi connectivity index (χ2n) is 10.8. The molecule has 0 spiro atoms. The van der Waals surface area contributed by atoms with Crippen molar-refractivity contribution < 1.29 is 22.7 Å². The Morgan fingerprint density at radius 2 is 1.59 bits per heavy atom. The molecule has 2 aliphatic rings. The lowest BCUT2D eigenvalue weighted by molar-refractivity contribution is -0.132. The van der Waals surface area contributed by atoms with Crippen LogP contribution in [0.4, 0.5) is 0 Å². The maximum atomic E-state index is 13.1. The normalized spacial score (nSPS) is 20.7. The summed E-state index contributed by atoms with van der Waals surface area (Å²) in [6, 6.07) is 3.31. The molecule has 1 aliphatic heterocycles. The Bertz CT molecular complexity index is 1020. The maximum absolute atomic E-state index is 13.1. The number of likely N-dealkylation sites (N-methyl/N-ethyl adjacent to an activating group) is 2. The van der Waals surface area contributed by atoms with Gasteiger partial charge in [-0.1, -0.05) is 0 Å². The van der Waals surface area contributed by atoms with Crippen LogP contribution >= 0.6 is 0 Å². The number of rotatable bonds is 11. The van der Waals surface area contributed by atoms with Crippen molar-refractivity contribution in [2.75, 3.05) is 60.5 Å². The molecule has 0 aromatic heterocycles. The zero-order chi connectivity index (χ0) is 27.2. The zero-order valence-electron chi connectivity index (χ0n) is 23.1. The number of ether oxygens (including phenoxy) is 1. The highest BCUT2D eigenvalue weighted by Gasteiger charge is 2.28. The van der Waals surface area contributed by atoms with Gasteiger partial charge in [0.1, 0.15) is 5.75 Å². The summed E-state index contributed by atoms with van der Waals surface area (Å²) in [7, 11) is 0.780. The molecule has 0 radical (unpaired) electrons. The summed E-state index contributed by atoms with van der Waals surface area (Å²) in [6.45, 7) is 7.27. The topological polar surface area (TPSA) is 99.3 Å². The minimum atomic E-state index is -3.89. The Hall–Kier alpha value is -2.17. The van der Waals surface area contributed by atoms with E-state index in [0.29, 0.717) is 29.3 Å². The SMILES string of the molecule is COc1cc(C)c(S(=O)(=O)N(C)CC(=O)NCC(=O)N(C)C[C@H]2CC[C@H](CN3CCCC3)CC2)c(C)c1. The number of methoxy groups -OCH3 is 1. The van der Waals surface area contributed by atoms with Crippen LogP contribution in [0.15, 0.2) is 17.0 Å². The average molecular weight is 537 g/mol. The lowest BCUT2D eigenvalue weighted by Gasteiger charge is -2.33. The first-order valence-corrected chi connectivity index (χ1v) is 14.8. The van der Waals surface area contributed by atoms with Crippen LogP contribution < -0.4 is 10.1 Å². The van der Waals surface area contributed by atoms with Crippen LogP contribution in [0.2, 0.25) is 0 Å². The van der Waals surface area contributed by atoms with E-state index in [-0.39, 0.29) is 23.9 Å². The average Bonchev–Trinajstić information content (AvgIpc) is 3.36. The number of likely N-dealkylation sites (tertiary alicyclic amines) is 1. The summed E-state index contributed by atoms with van der Waals surface area (Å²) in [5.41, 5.74) is 1.09. The van der Waals surface area contributed by atoms with Crippen molar-refractivity contribution in [1.29, 1.82) is 0 Å². The number of amides is 2. The Morgan fingerprint density at radius 1 is 1.03 bits per heavy atom. The molecule has 3 rings (SSSR count). The highest BCUT2D eigenvalue weighted by Crippen LogP contribution is 2.31. The van der Waals surface area contributed by atoms with Gasteiger partial charge in [0.05, 0.1) is 25.1 Å². The molecule has 1 saturated heterocycles. The van der Waals surface area contributed by atoms with Crippen molar-refractivity contribution in [3.8, 4) is 5.75 Å².